The van der Waals surface area contributed by atoms with Gasteiger partial charge in [0.15, 0.2) is 5.76 Å². The summed E-state index contributed by atoms with van der Waals surface area (Å²) >= 11 is 0. The van der Waals surface area contributed by atoms with E-state index in [0.717, 1.165) is 11.3 Å². The van der Waals surface area contributed by atoms with Crippen LogP contribution in [0.15, 0.2) is 45.5 Å². The number of ether oxygens (including phenoxy) is 1. The largest absolute Gasteiger partial charge is 0.485 e. The minimum atomic E-state index is -0.547. The second-order valence-corrected chi connectivity index (χ2v) is 6.65. The highest BCUT2D eigenvalue weighted by Gasteiger charge is 2.34. The number of rotatable bonds is 4. The molecule has 2 N–H and O–H groups in total. The first-order chi connectivity index (χ1) is 12.0. The standard InChI is InChI=1S/C18H19N3O4/c1-18(2)9-13(22)11-5-3-6-12(16(11)24-18)19-10-15-20-17(21-25-15)14-7-4-8-23-14/h3-8,13,19,22H,9-10H2,1-2H3. The Hall–Kier alpha value is -2.80. The third-order valence-corrected chi connectivity index (χ3v) is 4.11. The van der Waals surface area contributed by atoms with E-state index in [2.05, 4.69) is 15.5 Å². The van der Waals surface area contributed by atoms with Gasteiger partial charge >= 0.3 is 0 Å². The molecule has 25 heavy (non-hydrogen) atoms. The predicted octanol–water partition coefficient (Wildman–Crippen LogP) is 3.54. The van der Waals surface area contributed by atoms with Crippen LogP contribution < -0.4 is 10.1 Å². The number of anilines is 1. The Labute approximate surface area is 144 Å². The second-order valence-electron chi connectivity index (χ2n) is 6.65. The molecule has 7 nitrogen and oxygen atoms in total. The molecule has 0 aliphatic carbocycles. The Bertz CT molecular complexity index is 870. The zero-order valence-corrected chi connectivity index (χ0v) is 14.0. The zero-order valence-electron chi connectivity index (χ0n) is 14.0. The van der Waals surface area contributed by atoms with Crippen molar-refractivity contribution in [3.8, 4) is 17.3 Å². The molecule has 0 spiro atoms. The van der Waals surface area contributed by atoms with Crippen LogP contribution in [-0.2, 0) is 6.54 Å². The quantitative estimate of drug-likeness (QED) is 0.749. The molecule has 0 saturated carbocycles. The zero-order chi connectivity index (χ0) is 17.4. The van der Waals surface area contributed by atoms with E-state index in [1.54, 1.807) is 18.4 Å². The number of aliphatic hydroxyl groups is 1. The summed E-state index contributed by atoms with van der Waals surface area (Å²) in [6.45, 7) is 4.26. The van der Waals surface area contributed by atoms with E-state index in [0.29, 0.717) is 36.2 Å². The van der Waals surface area contributed by atoms with Gasteiger partial charge in [-0.15, -0.1) is 0 Å². The lowest BCUT2D eigenvalue weighted by molar-refractivity contribution is 0.0122. The van der Waals surface area contributed by atoms with Crippen LogP contribution in [0.4, 0.5) is 5.69 Å². The maximum atomic E-state index is 10.4. The Morgan fingerprint density at radius 3 is 2.96 bits per heavy atom. The molecule has 1 atom stereocenters. The van der Waals surface area contributed by atoms with Gasteiger partial charge in [-0.2, -0.15) is 4.98 Å². The van der Waals surface area contributed by atoms with Crippen LogP contribution in [0.25, 0.3) is 11.6 Å². The van der Waals surface area contributed by atoms with E-state index in [-0.39, 0.29) is 0 Å². The number of aliphatic hydroxyl groups excluding tert-OH is 1. The molecule has 0 bridgehead atoms. The lowest BCUT2D eigenvalue weighted by Gasteiger charge is -2.36. The minimum absolute atomic E-state index is 0.337. The van der Waals surface area contributed by atoms with E-state index in [1.807, 2.05) is 32.0 Å². The third kappa shape index (κ3) is 3.10. The van der Waals surface area contributed by atoms with Crippen molar-refractivity contribution in [2.45, 2.75) is 38.5 Å². The van der Waals surface area contributed by atoms with Crippen LogP contribution in [0.1, 0.15) is 37.8 Å². The summed E-state index contributed by atoms with van der Waals surface area (Å²) < 4.78 is 16.6. The average Bonchev–Trinajstić information content (AvgIpc) is 3.23. The smallest absolute Gasteiger partial charge is 0.246 e. The van der Waals surface area contributed by atoms with E-state index >= 15 is 0 Å². The number of aromatic nitrogens is 2. The van der Waals surface area contributed by atoms with Crippen LogP contribution in [0.3, 0.4) is 0 Å². The van der Waals surface area contributed by atoms with Gasteiger partial charge in [0.25, 0.3) is 0 Å². The topological polar surface area (TPSA) is 93.6 Å². The van der Waals surface area contributed by atoms with Gasteiger partial charge in [-0.1, -0.05) is 17.3 Å². The van der Waals surface area contributed by atoms with Gasteiger partial charge in [0, 0.05) is 12.0 Å². The van der Waals surface area contributed by atoms with E-state index in [1.165, 1.54) is 0 Å². The second kappa shape index (κ2) is 5.93. The number of para-hydroxylation sites is 1. The molecule has 4 rings (SSSR count). The molecule has 1 aliphatic rings. The monoisotopic (exact) mass is 341 g/mol. The lowest BCUT2D eigenvalue weighted by atomic mass is 9.91. The number of furan rings is 1. The molecular weight excluding hydrogens is 322 g/mol. The molecule has 0 saturated heterocycles. The van der Waals surface area contributed by atoms with Crippen LogP contribution in [0.5, 0.6) is 5.75 Å². The SMILES string of the molecule is CC1(C)CC(O)c2cccc(NCc3nc(-c4ccco4)no3)c2O1. The summed E-state index contributed by atoms with van der Waals surface area (Å²) in [7, 11) is 0. The lowest BCUT2D eigenvalue weighted by Crippen LogP contribution is -2.35. The van der Waals surface area contributed by atoms with E-state index in [4.69, 9.17) is 13.7 Å². The van der Waals surface area contributed by atoms with Crippen molar-refractivity contribution in [3.63, 3.8) is 0 Å². The van der Waals surface area contributed by atoms with Gasteiger partial charge in [-0.3, -0.25) is 0 Å². The first-order valence-corrected chi connectivity index (χ1v) is 8.12. The van der Waals surface area contributed by atoms with Crippen molar-refractivity contribution in [1.29, 1.82) is 0 Å². The first kappa shape index (κ1) is 15.7. The first-order valence-electron chi connectivity index (χ1n) is 8.12. The molecule has 0 fully saturated rings. The van der Waals surface area contributed by atoms with E-state index in [9.17, 15) is 5.11 Å². The molecule has 1 aliphatic heterocycles. The molecule has 2 aromatic heterocycles. The number of hydrogen-bond donors (Lipinski definition) is 2. The number of hydrogen-bond acceptors (Lipinski definition) is 7. The van der Waals surface area contributed by atoms with Crippen LogP contribution in [-0.4, -0.2) is 20.8 Å². The molecule has 1 aromatic carbocycles. The van der Waals surface area contributed by atoms with Gasteiger partial charge < -0.3 is 24.1 Å². The summed E-state index contributed by atoms with van der Waals surface area (Å²) in [4.78, 5) is 4.30. The minimum Gasteiger partial charge on any atom is -0.485 e. The Kier molecular flexibility index (Phi) is 3.73. The molecule has 0 amide bonds. The van der Waals surface area contributed by atoms with Gasteiger partial charge in [-0.25, -0.2) is 0 Å². The molecule has 3 aromatic rings. The Morgan fingerprint density at radius 2 is 2.16 bits per heavy atom. The number of fused-ring (bicyclic) bond motifs is 1. The molecule has 130 valence electrons. The van der Waals surface area contributed by atoms with Crippen molar-refractivity contribution in [1.82, 2.24) is 10.1 Å². The molecule has 1 unspecified atom stereocenters. The van der Waals surface area contributed by atoms with Crippen molar-refractivity contribution in [2.24, 2.45) is 0 Å². The van der Waals surface area contributed by atoms with Gasteiger partial charge in [0.05, 0.1) is 24.6 Å². The highest BCUT2D eigenvalue weighted by molar-refractivity contribution is 5.61. The Balaban J connectivity index is 1.53. The normalized spacial score (nSPS) is 18.4. The fourth-order valence-electron chi connectivity index (χ4n) is 2.97. The van der Waals surface area contributed by atoms with Crippen molar-refractivity contribution >= 4 is 5.69 Å². The summed E-state index contributed by atoms with van der Waals surface area (Å²) in [5.74, 6) is 2.06. The Morgan fingerprint density at radius 1 is 1.28 bits per heavy atom. The van der Waals surface area contributed by atoms with Crippen LogP contribution in [0, 0.1) is 0 Å². The van der Waals surface area contributed by atoms with Crippen molar-refractivity contribution in [2.75, 3.05) is 5.32 Å². The number of nitrogens with one attached hydrogen (secondary N) is 1. The highest BCUT2D eigenvalue weighted by atomic mass is 16.5. The van der Waals surface area contributed by atoms with Crippen LogP contribution in [0.2, 0.25) is 0 Å². The molecule has 0 radical (unpaired) electrons. The molecule has 7 heteroatoms. The summed E-state index contributed by atoms with van der Waals surface area (Å²) in [6, 6.07) is 9.20. The molecular formula is C18H19N3O4. The highest BCUT2D eigenvalue weighted by Crippen LogP contribution is 2.43. The van der Waals surface area contributed by atoms with Crippen molar-refractivity contribution < 1.29 is 18.8 Å². The van der Waals surface area contributed by atoms with Gasteiger partial charge in [0.2, 0.25) is 11.7 Å². The summed E-state index contributed by atoms with van der Waals surface area (Å²) in [5.41, 5.74) is 1.13. The van der Waals surface area contributed by atoms with Crippen molar-refractivity contribution in [3.05, 3.63) is 48.0 Å². The van der Waals surface area contributed by atoms with Gasteiger partial charge in [-0.05, 0) is 32.0 Å². The number of benzene rings is 1. The maximum absolute atomic E-state index is 10.4. The fraction of sp³-hybridized carbons (Fsp3) is 0.333. The predicted molar refractivity (Wildman–Crippen MR) is 90.1 cm³/mol. The van der Waals surface area contributed by atoms with Crippen LogP contribution >= 0.6 is 0 Å². The maximum Gasteiger partial charge on any atom is 0.246 e. The third-order valence-electron chi connectivity index (χ3n) is 4.11. The molecule has 3 heterocycles. The number of nitrogens with zero attached hydrogens (tertiary/aromatic N) is 2. The van der Waals surface area contributed by atoms with Gasteiger partial charge in [0.1, 0.15) is 11.4 Å². The summed E-state index contributed by atoms with van der Waals surface area (Å²) in [5, 5.41) is 17.5. The summed E-state index contributed by atoms with van der Waals surface area (Å²) in [6.07, 6.45) is 1.57. The average molecular weight is 341 g/mol. The fourth-order valence-corrected chi connectivity index (χ4v) is 2.97. The van der Waals surface area contributed by atoms with E-state index < -0.39 is 11.7 Å².